The van der Waals surface area contributed by atoms with Crippen molar-refractivity contribution in [3.8, 4) is 11.5 Å². The number of aliphatic hydroxyl groups is 1. The average Bonchev–Trinajstić information content (AvgIpc) is 2.79. The first-order valence-corrected chi connectivity index (χ1v) is 9.94. The first-order valence-electron chi connectivity index (χ1n) is 9.94. The minimum Gasteiger partial charge on any atom is -0.502 e. The highest BCUT2D eigenvalue weighted by Crippen LogP contribution is 2.25. The molecule has 2 aromatic carbocycles. The van der Waals surface area contributed by atoms with Crippen molar-refractivity contribution in [2.24, 2.45) is 0 Å². The molecule has 1 heterocycles. The normalized spacial score (nSPS) is 14.8. The van der Waals surface area contributed by atoms with Gasteiger partial charge in [0.25, 0.3) is 0 Å². The zero-order valence-corrected chi connectivity index (χ0v) is 17.0. The summed E-state index contributed by atoms with van der Waals surface area (Å²) in [6.45, 7) is 4.48. The molecule has 0 spiro atoms. The number of carboxylic acids is 1. The number of benzene rings is 2. The van der Waals surface area contributed by atoms with Crippen molar-refractivity contribution in [1.82, 2.24) is 4.90 Å². The fourth-order valence-electron chi connectivity index (χ4n) is 3.01. The summed E-state index contributed by atoms with van der Waals surface area (Å²) in [4.78, 5) is 25.5. The van der Waals surface area contributed by atoms with Crippen LogP contribution < -0.4 is 9.47 Å². The molecule has 0 bridgehead atoms. The number of aliphatic hydroxyl groups excluding tert-OH is 1. The lowest BCUT2D eigenvalue weighted by atomic mass is 10.1. The molecule has 2 N–H and O–H groups in total. The van der Waals surface area contributed by atoms with E-state index in [1.807, 2.05) is 30.3 Å². The van der Waals surface area contributed by atoms with Crippen molar-refractivity contribution in [3.05, 3.63) is 71.5 Å². The van der Waals surface area contributed by atoms with Crippen LogP contribution in [0.2, 0.25) is 0 Å². The van der Waals surface area contributed by atoms with Gasteiger partial charge in [-0.25, -0.2) is 4.79 Å². The van der Waals surface area contributed by atoms with Crippen LogP contribution in [-0.2, 0) is 16.1 Å². The molecular weight excluding hydrogens is 402 g/mol. The van der Waals surface area contributed by atoms with Crippen LogP contribution >= 0.6 is 0 Å². The van der Waals surface area contributed by atoms with Gasteiger partial charge in [0.15, 0.2) is 5.78 Å². The second-order valence-corrected chi connectivity index (χ2v) is 6.97. The molecule has 1 aliphatic heterocycles. The number of carbonyl (C=O) groups excluding carboxylic acids is 1. The molecule has 0 aromatic heterocycles. The fraction of sp³-hybridized carbons (Fsp3) is 0.304. The summed E-state index contributed by atoms with van der Waals surface area (Å²) < 4.78 is 17.0. The van der Waals surface area contributed by atoms with Crippen LogP contribution in [0.1, 0.15) is 15.9 Å². The Hall–Kier alpha value is -3.36. The van der Waals surface area contributed by atoms with E-state index in [9.17, 15) is 14.7 Å². The largest absolute Gasteiger partial charge is 0.502 e. The van der Waals surface area contributed by atoms with E-state index in [-0.39, 0.29) is 5.56 Å². The zero-order valence-electron chi connectivity index (χ0n) is 17.0. The topological polar surface area (TPSA) is 106 Å². The van der Waals surface area contributed by atoms with Gasteiger partial charge >= 0.3 is 5.97 Å². The summed E-state index contributed by atoms with van der Waals surface area (Å²) in [6, 6.07) is 14.2. The third kappa shape index (κ3) is 7.13. The zero-order chi connectivity index (χ0) is 22.1. The maximum Gasteiger partial charge on any atom is 0.371 e. The Morgan fingerprint density at radius 3 is 2.35 bits per heavy atom. The van der Waals surface area contributed by atoms with Crippen LogP contribution in [0.5, 0.6) is 11.5 Å². The molecule has 3 rings (SSSR count). The van der Waals surface area contributed by atoms with Gasteiger partial charge in [-0.2, -0.15) is 0 Å². The van der Waals surface area contributed by atoms with Crippen LogP contribution in [-0.4, -0.2) is 66.3 Å². The lowest BCUT2D eigenvalue weighted by Gasteiger charge is -2.26. The van der Waals surface area contributed by atoms with Crippen LogP contribution in [0.3, 0.4) is 0 Å². The average molecular weight is 427 g/mol. The number of morpholine rings is 1. The van der Waals surface area contributed by atoms with E-state index in [1.54, 1.807) is 6.07 Å². The second-order valence-electron chi connectivity index (χ2n) is 6.97. The van der Waals surface area contributed by atoms with E-state index < -0.39 is 17.5 Å². The molecule has 8 heteroatoms. The molecule has 0 saturated carbocycles. The van der Waals surface area contributed by atoms with Crippen LogP contribution in [0.25, 0.3) is 0 Å². The summed E-state index contributed by atoms with van der Waals surface area (Å²) in [6.07, 6.45) is 0.663. The summed E-state index contributed by atoms with van der Waals surface area (Å²) in [5.41, 5.74) is 1.11. The monoisotopic (exact) mass is 427 g/mol. The summed E-state index contributed by atoms with van der Waals surface area (Å²) in [7, 11) is 0. The molecule has 1 aliphatic rings. The van der Waals surface area contributed by atoms with Gasteiger partial charge in [-0.05, 0) is 17.7 Å². The lowest BCUT2D eigenvalue weighted by molar-refractivity contribution is -0.135. The standard InChI is InChI=1S/C23H25NO7/c25-21(15-22(26)23(27)28)18-12-19(30-11-8-24-6-9-29-10-7-24)14-20(13-18)31-16-17-4-2-1-3-5-17/h1-5,12-15,26H,6-11,16H2,(H,27,28). The number of ether oxygens (including phenoxy) is 3. The van der Waals surface area contributed by atoms with Crippen molar-refractivity contribution in [3.63, 3.8) is 0 Å². The Bertz CT molecular complexity index is 921. The highest BCUT2D eigenvalue weighted by Gasteiger charge is 2.14. The van der Waals surface area contributed by atoms with Gasteiger partial charge in [0.05, 0.1) is 13.2 Å². The minimum atomic E-state index is -1.58. The number of allylic oxidation sites excluding steroid dienone is 1. The predicted octanol–water partition coefficient (Wildman–Crippen LogP) is 2.69. The Labute approximate surface area is 180 Å². The maximum absolute atomic E-state index is 12.4. The van der Waals surface area contributed by atoms with Gasteiger partial charge in [-0.3, -0.25) is 9.69 Å². The number of ketones is 1. The minimum absolute atomic E-state index is 0.153. The highest BCUT2D eigenvalue weighted by atomic mass is 16.5. The summed E-state index contributed by atoms with van der Waals surface area (Å²) >= 11 is 0. The van der Waals surface area contributed by atoms with Crippen LogP contribution in [0.15, 0.2) is 60.4 Å². The van der Waals surface area contributed by atoms with E-state index in [2.05, 4.69) is 4.90 Å². The van der Waals surface area contributed by atoms with E-state index in [0.717, 1.165) is 18.7 Å². The second kappa shape index (κ2) is 11.1. The molecule has 0 amide bonds. The number of carbonyl (C=O) groups is 2. The quantitative estimate of drug-likeness (QED) is 0.339. The molecule has 1 saturated heterocycles. The number of aliphatic carboxylic acids is 1. The van der Waals surface area contributed by atoms with Gasteiger partial charge in [-0.1, -0.05) is 30.3 Å². The maximum atomic E-state index is 12.4. The van der Waals surface area contributed by atoms with Gasteiger partial charge in [0, 0.05) is 37.3 Å². The molecule has 0 radical (unpaired) electrons. The van der Waals surface area contributed by atoms with E-state index in [0.29, 0.717) is 50.5 Å². The Morgan fingerprint density at radius 1 is 1.00 bits per heavy atom. The number of carboxylic acid groups (broad SMARTS) is 1. The van der Waals surface area contributed by atoms with Gasteiger partial charge in [0.2, 0.25) is 5.76 Å². The van der Waals surface area contributed by atoms with E-state index in [4.69, 9.17) is 19.3 Å². The molecule has 0 atom stereocenters. The molecule has 31 heavy (non-hydrogen) atoms. The first kappa shape index (κ1) is 22.3. The van der Waals surface area contributed by atoms with Crippen molar-refractivity contribution in [1.29, 1.82) is 0 Å². The Balaban J connectivity index is 1.73. The van der Waals surface area contributed by atoms with Crippen molar-refractivity contribution in [2.45, 2.75) is 6.61 Å². The number of hydrogen-bond donors (Lipinski definition) is 2. The predicted molar refractivity (Wildman–Crippen MR) is 113 cm³/mol. The molecule has 0 unspecified atom stereocenters. The van der Waals surface area contributed by atoms with Crippen LogP contribution in [0.4, 0.5) is 0 Å². The fourth-order valence-corrected chi connectivity index (χ4v) is 3.01. The summed E-state index contributed by atoms with van der Waals surface area (Å²) in [5, 5.41) is 18.2. The SMILES string of the molecule is O=C(O)C(O)=CC(=O)c1cc(OCCN2CCOCC2)cc(OCc2ccccc2)c1. The summed E-state index contributed by atoms with van der Waals surface area (Å²) in [5.74, 6) is -2.45. The van der Waals surface area contributed by atoms with Gasteiger partial charge < -0.3 is 24.4 Å². The smallest absolute Gasteiger partial charge is 0.371 e. The molecule has 8 nitrogen and oxygen atoms in total. The van der Waals surface area contributed by atoms with Crippen molar-refractivity contribution >= 4 is 11.8 Å². The molecular formula is C23H25NO7. The Morgan fingerprint density at radius 2 is 1.68 bits per heavy atom. The van der Waals surface area contributed by atoms with Crippen molar-refractivity contribution < 1.29 is 34.0 Å². The molecule has 164 valence electrons. The Kier molecular flexibility index (Phi) is 8.03. The molecule has 2 aromatic rings. The van der Waals surface area contributed by atoms with E-state index in [1.165, 1.54) is 12.1 Å². The number of rotatable bonds is 10. The molecule has 0 aliphatic carbocycles. The third-order valence-electron chi connectivity index (χ3n) is 4.68. The van der Waals surface area contributed by atoms with E-state index >= 15 is 0 Å². The lowest BCUT2D eigenvalue weighted by Crippen LogP contribution is -2.38. The van der Waals surface area contributed by atoms with Gasteiger partial charge in [0.1, 0.15) is 24.7 Å². The number of hydrogen-bond acceptors (Lipinski definition) is 7. The number of nitrogens with zero attached hydrogens (tertiary/aromatic N) is 1. The van der Waals surface area contributed by atoms with Crippen molar-refractivity contribution in [2.75, 3.05) is 39.5 Å². The third-order valence-corrected chi connectivity index (χ3v) is 4.68. The van der Waals surface area contributed by atoms with Gasteiger partial charge in [-0.15, -0.1) is 0 Å². The van der Waals surface area contributed by atoms with Crippen LogP contribution in [0, 0.1) is 0 Å². The highest BCUT2D eigenvalue weighted by molar-refractivity contribution is 6.08. The first-order chi connectivity index (χ1) is 15.0. The molecule has 1 fully saturated rings.